The predicted octanol–water partition coefficient (Wildman–Crippen LogP) is 2.34. The Balaban J connectivity index is 2.30. The maximum Gasteiger partial charge on any atom is 0.252 e. The van der Waals surface area contributed by atoms with E-state index in [1.54, 1.807) is 36.4 Å². The molecular formula is C15H17N3O3. The molecule has 110 valence electrons. The minimum absolute atomic E-state index is 0.0621. The number of ether oxygens (including phenoxy) is 2. The van der Waals surface area contributed by atoms with E-state index in [0.717, 1.165) is 0 Å². The van der Waals surface area contributed by atoms with Gasteiger partial charge in [-0.1, -0.05) is 12.1 Å². The molecule has 6 heteroatoms. The van der Waals surface area contributed by atoms with E-state index in [4.69, 9.17) is 20.9 Å². The molecule has 2 rings (SSSR count). The third-order valence-corrected chi connectivity index (χ3v) is 2.58. The van der Waals surface area contributed by atoms with Gasteiger partial charge in [-0.25, -0.2) is 0 Å². The Kier molecular flexibility index (Phi) is 4.27. The first-order valence-corrected chi connectivity index (χ1v) is 6.47. The van der Waals surface area contributed by atoms with Gasteiger partial charge in [-0.15, -0.1) is 0 Å². The van der Waals surface area contributed by atoms with Crippen LogP contribution in [-0.4, -0.2) is 17.0 Å². The lowest BCUT2D eigenvalue weighted by Gasteiger charge is -2.13. The molecule has 0 saturated carbocycles. The van der Waals surface area contributed by atoms with Crippen molar-refractivity contribution >= 4 is 11.6 Å². The van der Waals surface area contributed by atoms with E-state index >= 15 is 0 Å². The molecule has 0 saturated heterocycles. The van der Waals surface area contributed by atoms with Crippen LogP contribution >= 0.6 is 0 Å². The van der Waals surface area contributed by atoms with Gasteiger partial charge in [0.05, 0.1) is 17.4 Å². The Bertz CT molecular complexity index is 656. The monoisotopic (exact) mass is 287 g/mol. The Morgan fingerprint density at radius 2 is 1.90 bits per heavy atom. The van der Waals surface area contributed by atoms with Gasteiger partial charge in [0, 0.05) is 6.07 Å². The molecule has 0 spiro atoms. The van der Waals surface area contributed by atoms with Crippen molar-refractivity contribution in [2.24, 2.45) is 5.73 Å². The summed E-state index contributed by atoms with van der Waals surface area (Å²) in [4.78, 5) is 15.5. The summed E-state index contributed by atoms with van der Waals surface area (Å²) in [6.07, 6.45) is -0.0621. The minimum atomic E-state index is -0.570. The van der Waals surface area contributed by atoms with E-state index in [-0.39, 0.29) is 17.5 Å². The highest BCUT2D eigenvalue weighted by Gasteiger charge is 2.12. The van der Waals surface area contributed by atoms with E-state index in [0.29, 0.717) is 17.3 Å². The van der Waals surface area contributed by atoms with Crippen LogP contribution in [0.25, 0.3) is 0 Å². The van der Waals surface area contributed by atoms with Gasteiger partial charge in [-0.3, -0.25) is 4.79 Å². The molecule has 4 N–H and O–H groups in total. The van der Waals surface area contributed by atoms with Gasteiger partial charge in [0.25, 0.3) is 5.91 Å². The summed E-state index contributed by atoms with van der Waals surface area (Å²) in [5, 5.41) is 0. The zero-order valence-electron chi connectivity index (χ0n) is 11.9. The van der Waals surface area contributed by atoms with E-state index in [1.165, 1.54) is 0 Å². The molecular weight excluding hydrogens is 270 g/mol. The molecule has 0 aliphatic heterocycles. The summed E-state index contributed by atoms with van der Waals surface area (Å²) in [5.74, 6) is 0.324. The van der Waals surface area contributed by atoms with Crippen molar-refractivity contribution in [1.29, 1.82) is 0 Å². The molecule has 1 aromatic carbocycles. The number of hydrogen-bond acceptors (Lipinski definition) is 5. The first-order chi connectivity index (χ1) is 9.97. The average molecular weight is 287 g/mol. The number of rotatable bonds is 5. The van der Waals surface area contributed by atoms with Gasteiger partial charge < -0.3 is 20.9 Å². The van der Waals surface area contributed by atoms with Crippen LogP contribution in [0.15, 0.2) is 36.4 Å². The van der Waals surface area contributed by atoms with Gasteiger partial charge in [-0.2, -0.15) is 4.98 Å². The molecule has 0 atom stereocenters. The fourth-order valence-electron chi connectivity index (χ4n) is 1.68. The first kappa shape index (κ1) is 14.6. The normalized spacial score (nSPS) is 10.4. The van der Waals surface area contributed by atoms with Gasteiger partial charge in [-0.05, 0) is 32.0 Å². The fraction of sp³-hybridized carbons (Fsp3) is 0.200. The predicted molar refractivity (Wildman–Crippen MR) is 79.4 cm³/mol. The summed E-state index contributed by atoms with van der Waals surface area (Å²) in [6, 6.07) is 9.90. The van der Waals surface area contributed by atoms with Gasteiger partial charge >= 0.3 is 0 Å². The van der Waals surface area contributed by atoms with Crippen LogP contribution < -0.4 is 20.9 Å². The number of anilines is 1. The summed E-state index contributed by atoms with van der Waals surface area (Å²) in [6.45, 7) is 3.74. The maximum atomic E-state index is 11.4. The Labute approximate surface area is 122 Å². The minimum Gasteiger partial charge on any atom is -0.473 e. The number of carbonyl (C=O) groups excluding carboxylic acids is 1. The third-order valence-electron chi connectivity index (χ3n) is 2.58. The second-order valence-corrected chi connectivity index (χ2v) is 4.67. The average Bonchev–Trinajstić information content (AvgIpc) is 2.42. The van der Waals surface area contributed by atoms with Crippen LogP contribution in [-0.2, 0) is 0 Å². The number of amides is 1. The number of nitrogens with zero attached hydrogens (tertiary/aromatic N) is 1. The number of nitrogen functional groups attached to an aromatic ring is 1. The summed E-state index contributed by atoms with van der Waals surface area (Å²) >= 11 is 0. The highest BCUT2D eigenvalue weighted by atomic mass is 16.5. The molecule has 2 aromatic rings. The van der Waals surface area contributed by atoms with Gasteiger partial charge in [0.1, 0.15) is 5.75 Å². The van der Waals surface area contributed by atoms with Crippen LogP contribution in [0.2, 0.25) is 0 Å². The lowest BCUT2D eigenvalue weighted by molar-refractivity contribution is 0.0998. The summed E-state index contributed by atoms with van der Waals surface area (Å²) < 4.78 is 11.1. The number of pyridine rings is 1. The highest BCUT2D eigenvalue weighted by Crippen LogP contribution is 2.28. The van der Waals surface area contributed by atoms with E-state index in [2.05, 4.69) is 4.98 Å². The first-order valence-electron chi connectivity index (χ1n) is 6.47. The molecule has 0 radical (unpaired) electrons. The topological polar surface area (TPSA) is 100 Å². The van der Waals surface area contributed by atoms with Crippen LogP contribution in [0, 0.1) is 0 Å². The van der Waals surface area contributed by atoms with Crippen LogP contribution in [0.1, 0.15) is 24.2 Å². The summed E-state index contributed by atoms with van der Waals surface area (Å²) in [5.41, 5.74) is 11.8. The molecule has 1 aromatic heterocycles. The SMILES string of the molecule is CC(C)Oc1nc(Oc2ccccc2C(N)=O)ccc1N. The number of hydrogen-bond donors (Lipinski definition) is 2. The molecule has 1 amide bonds. The fourth-order valence-corrected chi connectivity index (χ4v) is 1.68. The van der Waals surface area contributed by atoms with Crippen molar-refractivity contribution in [1.82, 2.24) is 4.98 Å². The highest BCUT2D eigenvalue weighted by molar-refractivity contribution is 5.95. The molecule has 21 heavy (non-hydrogen) atoms. The Morgan fingerprint density at radius 1 is 1.19 bits per heavy atom. The lowest BCUT2D eigenvalue weighted by Crippen LogP contribution is -2.12. The van der Waals surface area contributed by atoms with Crippen molar-refractivity contribution in [3.8, 4) is 17.5 Å². The number of benzene rings is 1. The molecule has 0 aliphatic rings. The standard InChI is InChI=1S/C15H17N3O3/c1-9(2)20-15-11(16)7-8-13(18-15)21-12-6-4-3-5-10(12)14(17)19/h3-9H,16H2,1-2H3,(H2,17,19). The van der Waals surface area contributed by atoms with Crippen LogP contribution in [0.5, 0.6) is 17.5 Å². The van der Waals surface area contributed by atoms with Gasteiger partial charge in [0.2, 0.25) is 11.8 Å². The number of primary amides is 1. The third kappa shape index (κ3) is 3.62. The van der Waals surface area contributed by atoms with Crippen molar-refractivity contribution in [3.05, 3.63) is 42.0 Å². The Hall–Kier alpha value is -2.76. The van der Waals surface area contributed by atoms with E-state index in [1.807, 2.05) is 13.8 Å². The smallest absolute Gasteiger partial charge is 0.252 e. The van der Waals surface area contributed by atoms with E-state index in [9.17, 15) is 4.79 Å². The Morgan fingerprint density at radius 3 is 2.57 bits per heavy atom. The van der Waals surface area contributed by atoms with Gasteiger partial charge in [0.15, 0.2) is 0 Å². The zero-order valence-corrected chi connectivity index (χ0v) is 11.9. The molecule has 1 heterocycles. The molecule has 0 fully saturated rings. The number of nitrogens with two attached hydrogens (primary N) is 2. The molecule has 0 bridgehead atoms. The zero-order chi connectivity index (χ0) is 15.4. The van der Waals surface area contributed by atoms with Crippen molar-refractivity contribution in [2.45, 2.75) is 20.0 Å². The second kappa shape index (κ2) is 6.13. The second-order valence-electron chi connectivity index (χ2n) is 4.67. The van der Waals surface area contributed by atoms with Crippen molar-refractivity contribution < 1.29 is 14.3 Å². The quantitative estimate of drug-likeness (QED) is 0.879. The molecule has 0 aliphatic carbocycles. The van der Waals surface area contributed by atoms with Crippen LogP contribution in [0.3, 0.4) is 0 Å². The number of para-hydroxylation sites is 1. The largest absolute Gasteiger partial charge is 0.473 e. The van der Waals surface area contributed by atoms with E-state index < -0.39 is 5.91 Å². The maximum absolute atomic E-state index is 11.4. The van der Waals surface area contributed by atoms with Crippen molar-refractivity contribution in [2.75, 3.05) is 5.73 Å². The lowest BCUT2D eigenvalue weighted by atomic mass is 10.2. The molecule has 0 unspecified atom stereocenters. The number of aromatic nitrogens is 1. The van der Waals surface area contributed by atoms with Crippen LogP contribution in [0.4, 0.5) is 5.69 Å². The molecule has 6 nitrogen and oxygen atoms in total. The summed E-state index contributed by atoms with van der Waals surface area (Å²) in [7, 11) is 0. The van der Waals surface area contributed by atoms with Crippen molar-refractivity contribution in [3.63, 3.8) is 0 Å². The number of carbonyl (C=O) groups is 1.